The van der Waals surface area contributed by atoms with Gasteiger partial charge in [-0.2, -0.15) is 0 Å². The quantitative estimate of drug-likeness (QED) is 0.751. The number of rotatable bonds is 5. The van der Waals surface area contributed by atoms with Gasteiger partial charge < -0.3 is 4.74 Å². The molecule has 0 N–H and O–H groups in total. The monoisotopic (exact) mass is 274 g/mol. The Morgan fingerprint density at radius 1 is 1.10 bits per heavy atom. The van der Waals surface area contributed by atoms with E-state index < -0.39 is 6.09 Å². The Morgan fingerprint density at radius 2 is 1.80 bits per heavy atom. The minimum absolute atomic E-state index is 0.312. The van der Waals surface area contributed by atoms with Gasteiger partial charge in [-0.15, -0.1) is 0 Å². The summed E-state index contributed by atoms with van der Waals surface area (Å²) in [6.45, 7) is 0.922. The topological polar surface area (TPSA) is 40.4 Å². The zero-order chi connectivity index (χ0) is 14.0. The van der Waals surface area contributed by atoms with Crippen LogP contribution in [-0.4, -0.2) is 12.6 Å². The molecule has 1 aromatic rings. The number of benzene rings is 1. The molecule has 1 saturated carbocycles. The molecule has 0 spiro atoms. The Morgan fingerprint density at radius 3 is 2.50 bits per heavy atom. The van der Waals surface area contributed by atoms with Gasteiger partial charge in [0.2, 0.25) is 0 Å². The summed E-state index contributed by atoms with van der Waals surface area (Å²) in [6, 6.07) is 9.71. The Bertz CT molecular complexity index is 383. The lowest BCUT2D eigenvalue weighted by molar-refractivity contribution is 0.138. The summed E-state index contributed by atoms with van der Waals surface area (Å²) in [5.41, 5.74) is 1.000. The second-order valence-electron chi connectivity index (χ2n) is 5.57. The van der Waals surface area contributed by atoms with E-state index in [9.17, 15) is 4.79 Å². The molecule has 0 unspecified atom stereocenters. The van der Waals surface area contributed by atoms with E-state index in [0.717, 1.165) is 17.9 Å². The number of amides is 1. The first-order chi connectivity index (χ1) is 9.84. The van der Waals surface area contributed by atoms with Gasteiger partial charge in [0, 0.05) is 6.54 Å². The molecule has 0 aromatic heterocycles. The first kappa shape index (κ1) is 14.9. The van der Waals surface area contributed by atoms with Crippen LogP contribution in [0.1, 0.15) is 50.5 Å². The number of carbonyl (C=O) groups excluding carboxylic acids is 1. The summed E-state index contributed by atoms with van der Waals surface area (Å²) in [6.07, 6.45) is 8.61. The summed E-state index contributed by atoms with van der Waals surface area (Å²) in [4.78, 5) is 11.5. The summed E-state index contributed by atoms with van der Waals surface area (Å²) in [5.74, 6) is 0.753. The van der Waals surface area contributed by atoms with E-state index in [2.05, 4.69) is 5.32 Å². The average molecular weight is 274 g/mol. The highest BCUT2D eigenvalue weighted by molar-refractivity contribution is 5.66. The fourth-order valence-electron chi connectivity index (χ4n) is 2.76. The van der Waals surface area contributed by atoms with E-state index in [0.29, 0.717) is 13.2 Å². The normalized spacial score (nSPS) is 16.4. The highest BCUT2D eigenvalue weighted by Gasteiger charge is 2.13. The van der Waals surface area contributed by atoms with Crippen molar-refractivity contribution in [2.24, 2.45) is 5.92 Å². The van der Waals surface area contributed by atoms with Gasteiger partial charge in [-0.3, -0.25) is 0 Å². The van der Waals surface area contributed by atoms with Crippen LogP contribution in [-0.2, 0) is 11.3 Å². The zero-order valence-electron chi connectivity index (χ0n) is 12.1. The number of nitrogens with zero attached hydrogens (tertiary/aromatic N) is 1. The molecule has 0 saturated heterocycles. The second kappa shape index (κ2) is 8.62. The summed E-state index contributed by atoms with van der Waals surface area (Å²) >= 11 is 0. The van der Waals surface area contributed by atoms with Crippen LogP contribution in [0.3, 0.4) is 0 Å². The Kier molecular flexibility index (Phi) is 6.42. The fourth-order valence-corrected chi connectivity index (χ4v) is 2.76. The van der Waals surface area contributed by atoms with Gasteiger partial charge in [-0.25, -0.2) is 10.1 Å². The number of hydrogen-bond acceptors (Lipinski definition) is 2. The molecule has 1 aliphatic rings. The van der Waals surface area contributed by atoms with Crippen LogP contribution in [0, 0.1) is 5.92 Å². The van der Waals surface area contributed by atoms with E-state index in [1.165, 1.54) is 38.5 Å². The van der Waals surface area contributed by atoms with Crippen LogP contribution >= 0.6 is 0 Å². The molecule has 2 rings (SSSR count). The molecule has 0 bridgehead atoms. The Hall–Kier alpha value is -1.51. The van der Waals surface area contributed by atoms with Crippen molar-refractivity contribution < 1.29 is 9.53 Å². The van der Waals surface area contributed by atoms with E-state index >= 15 is 0 Å². The van der Waals surface area contributed by atoms with Crippen LogP contribution in [0.15, 0.2) is 30.3 Å². The molecule has 1 radical (unpaired) electrons. The summed E-state index contributed by atoms with van der Waals surface area (Å²) < 4.78 is 5.14. The van der Waals surface area contributed by atoms with Crippen molar-refractivity contribution in [3.8, 4) is 0 Å². The van der Waals surface area contributed by atoms with Crippen LogP contribution in [0.25, 0.3) is 0 Å². The fraction of sp³-hybridized carbons (Fsp3) is 0.588. The van der Waals surface area contributed by atoms with Gasteiger partial charge in [-0.1, -0.05) is 68.9 Å². The third-order valence-corrected chi connectivity index (χ3v) is 3.96. The molecule has 3 nitrogen and oxygen atoms in total. The van der Waals surface area contributed by atoms with Crippen LogP contribution in [0.5, 0.6) is 0 Å². The zero-order valence-corrected chi connectivity index (χ0v) is 12.1. The SMILES string of the molecule is O=C([N]CCC1CCCCCC1)OCc1ccccc1. The van der Waals surface area contributed by atoms with Gasteiger partial charge in [0.15, 0.2) is 0 Å². The van der Waals surface area contributed by atoms with Gasteiger partial charge in [0.25, 0.3) is 0 Å². The standard InChI is InChI=1S/C17H24NO2/c19-17(20-14-16-10-6-3-7-11-16)18-13-12-15-8-4-1-2-5-9-15/h3,6-7,10-11,15H,1-2,4-5,8-9,12-14H2. The Balaban J connectivity index is 1.58. The lowest BCUT2D eigenvalue weighted by Gasteiger charge is -2.12. The predicted molar refractivity (Wildman–Crippen MR) is 79.4 cm³/mol. The maximum atomic E-state index is 11.5. The molecular formula is C17H24NO2. The Labute approximate surface area is 121 Å². The van der Waals surface area contributed by atoms with Gasteiger partial charge in [-0.05, 0) is 17.9 Å². The van der Waals surface area contributed by atoms with Crippen LogP contribution < -0.4 is 5.32 Å². The summed E-state index contributed by atoms with van der Waals surface area (Å²) in [7, 11) is 0. The van der Waals surface area contributed by atoms with E-state index in [-0.39, 0.29) is 0 Å². The van der Waals surface area contributed by atoms with Crippen molar-refractivity contribution in [1.29, 1.82) is 0 Å². The van der Waals surface area contributed by atoms with Gasteiger partial charge >= 0.3 is 6.09 Å². The van der Waals surface area contributed by atoms with Crippen molar-refractivity contribution in [2.75, 3.05) is 6.54 Å². The van der Waals surface area contributed by atoms with Gasteiger partial charge in [0.1, 0.15) is 6.61 Å². The van der Waals surface area contributed by atoms with E-state index in [4.69, 9.17) is 4.74 Å². The minimum Gasteiger partial charge on any atom is -0.443 e. The van der Waals surface area contributed by atoms with Crippen molar-refractivity contribution in [2.45, 2.75) is 51.6 Å². The van der Waals surface area contributed by atoms with Crippen molar-refractivity contribution >= 4 is 6.09 Å². The molecule has 20 heavy (non-hydrogen) atoms. The maximum absolute atomic E-state index is 11.5. The lowest BCUT2D eigenvalue weighted by Crippen LogP contribution is -2.20. The largest absolute Gasteiger partial charge is 0.443 e. The molecule has 0 aliphatic heterocycles. The van der Waals surface area contributed by atoms with Gasteiger partial charge in [0.05, 0.1) is 0 Å². The second-order valence-corrected chi connectivity index (χ2v) is 5.57. The molecule has 1 amide bonds. The number of hydrogen-bond donors (Lipinski definition) is 0. The highest BCUT2D eigenvalue weighted by atomic mass is 16.5. The van der Waals surface area contributed by atoms with Crippen LogP contribution in [0.4, 0.5) is 4.79 Å². The highest BCUT2D eigenvalue weighted by Crippen LogP contribution is 2.24. The van der Waals surface area contributed by atoms with Crippen LogP contribution in [0.2, 0.25) is 0 Å². The molecule has 0 atom stereocenters. The molecule has 109 valence electrons. The average Bonchev–Trinajstić information content (AvgIpc) is 2.75. The predicted octanol–water partition coefficient (Wildman–Crippen LogP) is 4.29. The summed E-state index contributed by atoms with van der Waals surface area (Å²) in [5, 5.41) is 4.00. The third kappa shape index (κ3) is 5.64. The smallest absolute Gasteiger partial charge is 0.429 e. The first-order valence-corrected chi connectivity index (χ1v) is 7.73. The van der Waals surface area contributed by atoms with Crippen molar-refractivity contribution in [3.05, 3.63) is 35.9 Å². The van der Waals surface area contributed by atoms with Crippen molar-refractivity contribution in [3.63, 3.8) is 0 Å². The third-order valence-electron chi connectivity index (χ3n) is 3.96. The lowest BCUT2D eigenvalue weighted by atomic mass is 9.97. The molecule has 1 aliphatic carbocycles. The molecular weight excluding hydrogens is 250 g/mol. The van der Waals surface area contributed by atoms with Crippen molar-refractivity contribution in [1.82, 2.24) is 5.32 Å². The first-order valence-electron chi connectivity index (χ1n) is 7.73. The number of ether oxygens (including phenoxy) is 1. The maximum Gasteiger partial charge on any atom is 0.429 e. The molecule has 3 heteroatoms. The number of carbonyl (C=O) groups is 1. The molecule has 1 fully saturated rings. The van der Waals surface area contributed by atoms with E-state index in [1.807, 2.05) is 30.3 Å². The molecule has 0 heterocycles. The van der Waals surface area contributed by atoms with E-state index in [1.54, 1.807) is 0 Å². The molecule has 1 aromatic carbocycles. The minimum atomic E-state index is -0.428.